The number of hydrogen-bond donors (Lipinski definition) is 1. The predicted octanol–water partition coefficient (Wildman–Crippen LogP) is 4.25. The van der Waals surface area contributed by atoms with Crippen LogP contribution >= 0.6 is 0 Å². The van der Waals surface area contributed by atoms with Crippen LogP contribution in [0.25, 0.3) is 21.8 Å². The van der Waals surface area contributed by atoms with Gasteiger partial charge in [0.15, 0.2) is 0 Å². The van der Waals surface area contributed by atoms with Crippen LogP contribution in [-0.2, 0) is 11.3 Å². The molecule has 0 saturated heterocycles. The van der Waals surface area contributed by atoms with Crippen molar-refractivity contribution in [2.45, 2.75) is 13.5 Å². The summed E-state index contributed by atoms with van der Waals surface area (Å²) in [5.74, 6) is -0.965. The maximum atomic E-state index is 12.6. The highest BCUT2D eigenvalue weighted by atomic mass is 16.5. The highest BCUT2D eigenvalue weighted by Crippen LogP contribution is 2.31. The zero-order valence-corrected chi connectivity index (χ0v) is 15.6. The molecule has 1 N–H and O–H groups in total. The van der Waals surface area contributed by atoms with Gasteiger partial charge in [0, 0.05) is 34.0 Å². The Morgan fingerprint density at radius 3 is 2.50 bits per heavy atom. The van der Waals surface area contributed by atoms with Crippen LogP contribution in [0, 0.1) is 0 Å². The minimum Gasteiger partial charge on any atom is -0.464 e. The number of pyridine rings is 1. The van der Waals surface area contributed by atoms with Crippen molar-refractivity contribution in [3.63, 3.8) is 0 Å². The summed E-state index contributed by atoms with van der Waals surface area (Å²) >= 11 is 0. The third-order valence-electron chi connectivity index (χ3n) is 4.72. The van der Waals surface area contributed by atoms with Gasteiger partial charge in [0.1, 0.15) is 11.4 Å². The first-order chi connectivity index (χ1) is 13.6. The number of para-hydroxylation sites is 1. The molecule has 0 atom stereocenters. The Labute approximate surface area is 161 Å². The lowest BCUT2D eigenvalue weighted by Crippen LogP contribution is -2.16. The predicted molar refractivity (Wildman–Crippen MR) is 109 cm³/mol. The number of carbonyl (C=O) groups is 2. The van der Waals surface area contributed by atoms with E-state index in [4.69, 9.17) is 0 Å². The molecular formula is C22H19N3O3. The second-order valence-electron chi connectivity index (χ2n) is 6.35. The summed E-state index contributed by atoms with van der Waals surface area (Å²) in [4.78, 5) is 28.3. The van der Waals surface area contributed by atoms with Crippen LogP contribution in [-0.4, -0.2) is 28.5 Å². The van der Waals surface area contributed by atoms with Crippen LogP contribution in [0.1, 0.15) is 27.9 Å². The molecule has 0 unspecified atom stereocenters. The largest absolute Gasteiger partial charge is 0.464 e. The molecule has 28 heavy (non-hydrogen) atoms. The number of carbonyl (C=O) groups excluding carboxylic acids is 2. The van der Waals surface area contributed by atoms with Gasteiger partial charge in [-0.25, -0.2) is 9.78 Å². The van der Waals surface area contributed by atoms with E-state index in [2.05, 4.69) is 38.7 Å². The first-order valence-electron chi connectivity index (χ1n) is 9.00. The van der Waals surface area contributed by atoms with E-state index in [1.807, 2.05) is 30.3 Å². The van der Waals surface area contributed by atoms with Crippen LogP contribution in [0.2, 0.25) is 0 Å². The van der Waals surface area contributed by atoms with Gasteiger partial charge in [0.05, 0.1) is 7.11 Å². The number of hydrogen-bond acceptors (Lipinski definition) is 4. The zero-order valence-electron chi connectivity index (χ0n) is 15.6. The van der Waals surface area contributed by atoms with Gasteiger partial charge in [-0.2, -0.15) is 0 Å². The average molecular weight is 373 g/mol. The zero-order chi connectivity index (χ0) is 19.7. The van der Waals surface area contributed by atoms with Crippen molar-refractivity contribution in [1.82, 2.24) is 9.55 Å². The lowest BCUT2D eigenvalue weighted by atomic mass is 10.1. The first kappa shape index (κ1) is 17.7. The van der Waals surface area contributed by atoms with E-state index in [0.29, 0.717) is 5.69 Å². The second-order valence-corrected chi connectivity index (χ2v) is 6.35. The molecule has 0 bridgehead atoms. The van der Waals surface area contributed by atoms with Crippen molar-refractivity contribution >= 4 is 39.4 Å². The van der Waals surface area contributed by atoms with Crippen molar-refractivity contribution in [3.05, 3.63) is 72.1 Å². The molecule has 0 fully saturated rings. The lowest BCUT2D eigenvalue weighted by Gasteiger charge is -2.07. The molecule has 0 aliphatic carbocycles. The number of nitrogens with one attached hydrogen (secondary N) is 1. The number of rotatable bonds is 4. The molecular weight excluding hydrogens is 354 g/mol. The number of methoxy groups -OCH3 is 1. The molecule has 4 aromatic rings. The molecule has 6 nitrogen and oxygen atoms in total. The molecule has 2 aromatic heterocycles. The Morgan fingerprint density at radius 2 is 1.71 bits per heavy atom. The van der Waals surface area contributed by atoms with E-state index < -0.39 is 5.97 Å². The van der Waals surface area contributed by atoms with Gasteiger partial charge in [-0.3, -0.25) is 4.79 Å². The fourth-order valence-electron chi connectivity index (χ4n) is 3.45. The lowest BCUT2D eigenvalue weighted by molar-refractivity contribution is 0.0594. The van der Waals surface area contributed by atoms with E-state index in [-0.39, 0.29) is 17.3 Å². The van der Waals surface area contributed by atoms with Gasteiger partial charge in [0.2, 0.25) is 0 Å². The molecule has 140 valence electrons. The highest BCUT2D eigenvalue weighted by Gasteiger charge is 2.14. The summed E-state index contributed by atoms with van der Waals surface area (Å²) in [7, 11) is 1.28. The SMILES string of the molecule is CCn1c2ccccc2c2cc(NC(=O)c3cccc(C(=O)OC)n3)ccc21. The van der Waals surface area contributed by atoms with Gasteiger partial charge < -0.3 is 14.6 Å². The van der Waals surface area contributed by atoms with Crippen LogP contribution in [0.3, 0.4) is 0 Å². The van der Waals surface area contributed by atoms with Gasteiger partial charge in [0.25, 0.3) is 5.91 Å². The van der Waals surface area contributed by atoms with Crippen molar-refractivity contribution in [1.29, 1.82) is 0 Å². The molecule has 6 heteroatoms. The quantitative estimate of drug-likeness (QED) is 0.543. The van der Waals surface area contributed by atoms with Crippen molar-refractivity contribution in [2.75, 3.05) is 12.4 Å². The fourth-order valence-corrected chi connectivity index (χ4v) is 3.45. The Morgan fingerprint density at radius 1 is 0.964 bits per heavy atom. The summed E-state index contributed by atoms with van der Waals surface area (Å²) < 4.78 is 6.90. The van der Waals surface area contributed by atoms with E-state index in [0.717, 1.165) is 28.4 Å². The maximum absolute atomic E-state index is 12.6. The molecule has 2 aromatic carbocycles. The van der Waals surface area contributed by atoms with E-state index in [1.54, 1.807) is 12.1 Å². The van der Waals surface area contributed by atoms with Gasteiger partial charge in [-0.1, -0.05) is 24.3 Å². The first-order valence-corrected chi connectivity index (χ1v) is 9.00. The number of fused-ring (bicyclic) bond motifs is 3. The monoisotopic (exact) mass is 373 g/mol. The second kappa shape index (κ2) is 7.15. The Hall–Kier alpha value is -3.67. The Balaban J connectivity index is 1.70. The topological polar surface area (TPSA) is 73.2 Å². The summed E-state index contributed by atoms with van der Waals surface area (Å²) in [5.41, 5.74) is 3.20. The van der Waals surface area contributed by atoms with Crippen LogP contribution in [0.5, 0.6) is 0 Å². The number of esters is 1. The number of anilines is 1. The summed E-state index contributed by atoms with van der Waals surface area (Å²) in [5, 5.41) is 5.08. The van der Waals surface area contributed by atoms with Crippen LogP contribution in [0.15, 0.2) is 60.7 Å². The minimum absolute atomic E-state index is 0.0941. The Bertz CT molecular complexity index is 1210. The molecule has 0 spiro atoms. The smallest absolute Gasteiger partial charge is 0.356 e. The van der Waals surface area contributed by atoms with Gasteiger partial charge in [-0.15, -0.1) is 0 Å². The number of benzene rings is 2. The summed E-state index contributed by atoms with van der Waals surface area (Å²) in [6.07, 6.45) is 0. The normalized spacial score (nSPS) is 10.9. The van der Waals surface area contributed by atoms with Crippen LogP contribution in [0.4, 0.5) is 5.69 Å². The average Bonchev–Trinajstić information content (AvgIpc) is 3.06. The molecule has 0 aliphatic heterocycles. The Kier molecular flexibility index (Phi) is 4.53. The van der Waals surface area contributed by atoms with Gasteiger partial charge in [-0.05, 0) is 43.3 Å². The van der Waals surface area contributed by atoms with Crippen molar-refractivity contribution < 1.29 is 14.3 Å². The number of amides is 1. The number of nitrogens with zero attached hydrogens (tertiary/aromatic N) is 2. The number of aromatic nitrogens is 2. The van der Waals surface area contributed by atoms with E-state index in [9.17, 15) is 9.59 Å². The molecule has 4 rings (SSSR count). The molecule has 0 saturated carbocycles. The fraction of sp³-hybridized carbons (Fsp3) is 0.136. The standard InChI is InChI=1S/C22H19N3O3/c1-3-25-19-10-5-4-7-15(19)16-13-14(11-12-20(16)25)23-21(26)17-8-6-9-18(24-17)22(27)28-2/h4-13H,3H2,1-2H3,(H,23,26). The van der Waals surface area contributed by atoms with E-state index in [1.165, 1.54) is 13.2 Å². The highest BCUT2D eigenvalue weighted by molar-refractivity contribution is 6.11. The third-order valence-corrected chi connectivity index (χ3v) is 4.72. The molecule has 2 heterocycles. The summed E-state index contributed by atoms with van der Waals surface area (Å²) in [6, 6.07) is 18.7. The van der Waals surface area contributed by atoms with E-state index >= 15 is 0 Å². The summed E-state index contributed by atoms with van der Waals surface area (Å²) in [6.45, 7) is 2.97. The van der Waals surface area contributed by atoms with Crippen molar-refractivity contribution in [3.8, 4) is 0 Å². The van der Waals surface area contributed by atoms with Crippen molar-refractivity contribution in [2.24, 2.45) is 0 Å². The van der Waals surface area contributed by atoms with Gasteiger partial charge >= 0.3 is 5.97 Å². The number of aryl methyl sites for hydroxylation is 1. The third kappa shape index (κ3) is 2.99. The molecule has 0 aliphatic rings. The number of ether oxygens (including phenoxy) is 1. The maximum Gasteiger partial charge on any atom is 0.356 e. The molecule has 1 amide bonds. The molecule has 0 radical (unpaired) electrons. The minimum atomic E-state index is -0.580. The van der Waals surface area contributed by atoms with Crippen LogP contribution < -0.4 is 5.32 Å².